The van der Waals surface area contributed by atoms with Crippen LogP contribution in [-0.2, 0) is 9.59 Å². The zero-order valence-electron chi connectivity index (χ0n) is 10.2. The fraction of sp³-hybridized carbons (Fsp3) is 0.571. The highest BCUT2D eigenvalue weighted by Crippen LogP contribution is 2.51. The standard InChI is InChI=1S/C14H17NO2S/c16-8-7-15-12-4-2-1-3-11(12)14(13(15)17)5-9-18-10-6-14/h1-4,8,11-12H,5-7,9-10H2. The predicted molar refractivity (Wildman–Crippen MR) is 72.3 cm³/mol. The van der Waals surface area contributed by atoms with Crippen molar-refractivity contribution in [3.05, 3.63) is 24.3 Å². The van der Waals surface area contributed by atoms with Crippen molar-refractivity contribution in [2.45, 2.75) is 18.9 Å². The van der Waals surface area contributed by atoms with E-state index in [2.05, 4.69) is 12.2 Å². The topological polar surface area (TPSA) is 37.4 Å². The van der Waals surface area contributed by atoms with Crippen LogP contribution in [-0.4, -0.2) is 41.2 Å². The summed E-state index contributed by atoms with van der Waals surface area (Å²) in [6, 6.07) is 0.0933. The third-order valence-electron chi connectivity index (χ3n) is 4.45. The minimum atomic E-state index is -0.236. The van der Waals surface area contributed by atoms with Gasteiger partial charge in [0.05, 0.1) is 18.0 Å². The molecule has 2 atom stereocenters. The van der Waals surface area contributed by atoms with Gasteiger partial charge in [-0.25, -0.2) is 0 Å². The molecular formula is C14H17NO2S. The maximum Gasteiger partial charge on any atom is 0.230 e. The lowest BCUT2D eigenvalue weighted by molar-refractivity contribution is -0.138. The first-order chi connectivity index (χ1) is 8.79. The molecule has 2 aliphatic heterocycles. The average molecular weight is 263 g/mol. The van der Waals surface area contributed by atoms with Crippen molar-refractivity contribution in [3.8, 4) is 0 Å². The van der Waals surface area contributed by atoms with Crippen LogP contribution in [0, 0.1) is 11.3 Å². The van der Waals surface area contributed by atoms with Crippen LogP contribution < -0.4 is 0 Å². The van der Waals surface area contributed by atoms with Crippen LogP contribution >= 0.6 is 11.8 Å². The summed E-state index contributed by atoms with van der Waals surface area (Å²) in [5.74, 6) is 2.57. The molecule has 0 aromatic rings. The Labute approximate surface area is 111 Å². The third kappa shape index (κ3) is 1.58. The van der Waals surface area contributed by atoms with Gasteiger partial charge in [-0.15, -0.1) is 0 Å². The molecule has 2 unspecified atom stereocenters. The Kier molecular flexibility index (Phi) is 3.06. The van der Waals surface area contributed by atoms with Crippen LogP contribution in [0.4, 0.5) is 0 Å². The predicted octanol–water partition coefficient (Wildman–Crippen LogP) is 1.65. The van der Waals surface area contributed by atoms with Gasteiger partial charge >= 0.3 is 0 Å². The number of hydrogen-bond donors (Lipinski definition) is 0. The number of carbonyl (C=O) groups is 2. The van der Waals surface area contributed by atoms with Crippen molar-refractivity contribution < 1.29 is 9.59 Å². The third-order valence-corrected chi connectivity index (χ3v) is 5.43. The lowest BCUT2D eigenvalue weighted by Gasteiger charge is -2.35. The van der Waals surface area contributed by atoms with E-state index in [9.17, 15) is 9.59 Å². The summed E-state index contributed by atoms with van der Waals surface area (Å²) in [5.41, 5.74) is -0.236. The molecule has 3 nitrogen and oxygen atoms in total. The number of rotatable bonds is 2. The van der Waals surface area contributed by atoms with Crippen LogP contribution in [0.25, 0.3) is 0 Å². The van der Waals surface area contributed by atoms with Crippen LogP contribution in [0.15, 0.2) is 24.3 Å². The Hall–Kier alpha value is -1.03. The number of allylic oxidation sites excluding steroid dienone is 2. The van der Waals surface area contributed by atoms with Gasteiger partial charge in [0.1, 0.15) is 6.29 Å². The Bertz CT molecular complexity index is 424. The molecule has 0 radical (unpaired) electrons. The molecule has 2 saturated heterocycles. The second-order valence-corrected chi connectivity index (χ2v) is 6.40. The van der Waals surface area contributed by atoms with Crippen molar-refractivity contribution in [2.75, 3.05) is 18.1 Å². The molecule has 3 rings (SSSR count). The van der Waals surface area contributed by atoms with Crippen LogP contribution in [0.2, 0.25) is 0 Å². The minimum absolute atomic E-state index is 0.0933. The van der Waals surface area contributed by atoms with E-state index in [0.29, 0.717) is 0 Å². The first-order valence-electron chi connectivity index (χ1n) is 6.47. The zero-order chi connectivity index (χ0) is 12.6. The van der Waals surface area contributed by atoms with Gasteiger partial charge in [-0.1, -0.05) is 24.3 Å². The SMILES string of the molecule is O=CCN1C(=O)C2(CCSCC2)C2C=CC=CC21. The van der Waals surface area contributed by atoms with Gasteiger partial charge < -0.3 is 9.69 Å². The first-order valence-corrected chi connectivity index (χ1v) is 7.62. The van der Waals surface area contributed by atoms with Gasteiger partial charge in [0.25, 0.3) is 0 Å². The van der Waals surface area contributed by atoms with Crippen molar-refractivity contribution >= 4 is 24.0 Å². The van der Waals surface area contributed by atoms with E-state index in [4.69, 9.17) is 0 Å². The number of aldehydes is 1. The lowest BCUT2D eigenvalue weighted by atomic mass is 9.70. The van der Waals surface area contributed by atoms with Crippen molar-refractivity contribution in [3.63, 3.8) is 0 Å². The summed E-state index contributed by atoms with van der Waals surface area (Å²) >= 11 is 1.93. The van der Waals surface area contributed by atoms with Crippen molar-refractivity contribution in [1.82, 2.24) is 4.90 Å². The van der Waals surface area contributed by atoms with E-state index >= 15 is 0 Å². The number of fused-ring (bicyclic) bond motifs is 2. The average Bonchev–Trinajstić information content (AvgIpc) is 2.64. The minimum Gasteiger partial charge on any atom is -0.328 e. The summed E-state index contributed by atoms with van der Waals surface area (Å²) in [5, 5.41) is 0. The number of thioether (sulfide) groups is 1. The number of hydrogen-bond acceptors (Lipinski definition) is 3. The smallest absolute Gasteiger partial charge is 0.230 e. The van der Waals surface area contributed by atoms with E-state index < -0.39 is 0 Å². The molecule has 0 aromatic carbocycles. The molecule has 4 heteroatoms. The van der Waals surface area contributed by atoms with Crippen LogP contribution in [0.3, 0.4) is 0 Å². The van der Waals surface area contributed by atoms with E-state index in [1.54, 1.807) is 4.90 Å². The van der Waals surface area contributed by atoms with Crippen LogP contribution in [0.5, 0.6) is 0 Å². The van der Waals surface area contributed by atoms with Crippen molar-refractivity contribution in [2.24, 2.45) is 11.3 Å². The summed E-state index contributed by atoms with van der Waals surface area (Å²) in [4.78, 5) is 25.3. The summed E-state index contributed by atoms with van der Waals surface area (Å²) in [6.07, 6.45) is 11.0. The number of carbonyl (C=O) groups excluding carboxylic acids is 2. The van der Waals surface area contributed by atoms with Gasteiger partial charge in [-0.05, 0) is 24.3 Å². The quantitative estimate of drug-likeness (QED) is 0.711. The summed E-state index contributed by atoms with van der Waals surface area (Å²) < 4.78 is 0. The van der Waals surface area contributed by atoms with Gasteiger partial charge in [0.15, 0.2) is 0 Å². The van der Waals surface area contributed by atoms with Crippen LogP contribution in [0.1, 0.15) is 12.8 Å². The summed E-state index contributed by atoms with van der Waals surface area (Å²) in [7, 11) is 0. The molecule has 0 bridgehead atoms. The molecule has 0 N–H and O–H groups in total. The van der Waals surface area contributed by atoms with Crippen molar-refractivity contribution in [1.29, 1.82) is 0 Å². The second kappa shape index (κ2) is 4.57. The fourth-order valence-electron chi connectivity index (χ4n) is 3.54. The van der Waals surface area contributed by atoms with Gasteiger partial charge in [0, 0.05) is 5.92 Å². The maximum absolute atomic E-state index is 12.7. The molecule has 3 aliphatic rings. The Morgan fingerprint density at radius 3 is 2.78 bits per heavy atom. The molecular weight excluding hydrogens is 246 g/mol. The highest BCUT2D eigenvalue weighted by molar-refractivity contribution is 7.99. The highest BCUT2D eigenvalue weighted by atomic mass is 32.2. The monoisotopic (exact) mass is 263 g/mol. The molecule has 1 spiro atoms. The zero-order valence-corrected chi connectivity index (χ0v) is 11.1. The van der Waals surface area contributed by atoms with E-state index in [-0.39, 0.29) is 29.8 Å². The molecule has 96 valence electrons. The lowest BCUT2D eigenvalue weighted by Crippen LogP contribution is -2.40. The fourth-order valence-corrected chi connectivity index (χ4v) is 4.76. The molecule has 1 amide bonds. The Balaban J connectivity index is 1.99. The number of nitrogens with zero attached hydrogens (tertiary/aromatic N) is 1. The molecule has 2 fully saturated rings. The molecule has 0 saturated carbocycles. The van der Waals surface area contributed by atoms with E-state index in [0.717, 1.165) is 30.6 Å². The second-order valence-electron chi connectivity index (χ2n) is 5.18. The normalized spacial score (nSPS) is 32.9. The maximum atomic E-state index is 12.7. The largest absolute Gasteiger partial charge is 0.328 e. The molecule has 18 heavy (non-hydrogen) atoms. The first kappa shape index (κ1) is 12.0. The van der Waals surface area contributed by atoms with Gasteiger partial charge in [0.2, 0.25) is 5.91 Å². The number of amides is 1. The van der Waals surface area contributed by atoms with E-state index in [1.165, 1.54) is 0 Å². The van der Waals surface area contributed by atoms with E-state index in [1.807, 2.05) is 23.9 Å². The molecule has 2 heterocycles. The molecule has 1 aliphatic carbocycles. The Morgan fingerprint density at radius 2 is 2.06 bits per heavy atom. The molecule has 0 aromatic heterocycles. The van der Waals surface area contributed by atoms with Gasteiger partial charge in [-0.2, -0.15) is 11.8 Å². The summed E-state index contributed by atoms with van der Waals surface area (Å²) in [6.45, 7) is 0.229. The Morgan fingerprint density at radius 1 is 1.33 bits per heavy atom. The number of likely N-dealkylation sites (tertiary alicyclic amines) is 1. The highest BCUT2D eigenvalue weighted by Gasteiger charge is 2.57. The van der Waals surface area contributed by atoms with Gasteiger partial charge in [-0.3, -0.25) is 4.79 Å².